The van der Waals surface area contributed by atoms with Crippen LogP contribution in [-0.4, -0.2) is 33.3 Å². The Morgan fingerprint density at radius 1 is 1.19 bits per heavy atom. The largest absolute Gasteiger partial charge is 0.396 e. The number of aliphatic hydroxyl groups excluding tert-OH is 1. The molecule has 0 spiro atoms. The molecule has 0 fully saturated rings. The maximum absolute atomic E-state index is 12.6. The molecular formula is C21H23N3O2S. The van der Waals surface area contributed by atoms with E-state index in [9.17, 15) is 9.90 Å². The van der Waals surface area contributed by atoms with Crippen LogP contribution in [0.15, 0.2) is 59.4 Å². The van der Waals surface area contributed by atoms with Crippen molar-refractivity contribution in [2.24, 2.45) is 0 Å². The highest BCUT2D eigenvalue weighted by Gasteiger charge is 2.13. The zero-order valence-electron chi connectivity index (χ0n) is 15.2. The number of aliphatic hydroxyl groups is 1. The van der Waals surface area contributed by atoms with Crippen LogP contribution in [0.2, 0.25) is 0 Å². The van der Waals surface area contributed by atoms with Gasteiger partial charge < -0.3 is 20.3 Å². The van der Waals surface area contributed by atoms with Gasteiger partial charge in [-0.1, -0.05) is 36.4 Å². The lowest BCUT2D eigenvalue weighted by molar-refractivity contribution is 0.266. The van der Waals surface area contributed by atoms with Gasteiger partial charge in [0.2, 0.25) is 0 Å². The predicted octanol–water partition coefficient (Wildman–Crippen LogP) is 3.42. The summed E-state index contributed by atoms with van der Waals surface area (Å²) < 4.78 is 0. The number of hydrogen-bond acceptors (Lipinski definition) is 3. The van der Waals surface area contributed by atoms with Crippen molar-refractivity contribution in [1.82, 2.24) is 9.88 Å². The number of thiocarbonyl (C=S) groups is 1. The topological polar surface area (TPSA) is 68.4 Å². The number of nitrogens with zero attached hydrogens (tertiary/aromatic N) is 1. The number of benzene rings is 2. The molecule has 0 unspecified atom stereocenters. The monoisotopic (exact) mass is 381 g/mol. The first-order valence-corrected chi connectivity index (χ1v) is 9.32. The summed E-state index contributed by atoms with van der Waals surface area (Å²) >= 11 is 5.55. The van der Waals surface area contributed by atoms with Crippen molar-refractivity contribution in [3.05, 3.63) is 76.1 Å². The zero-order valence-corrected chi connectivity index (χ0v) is 16.1. The molecule has 0 aliphatic carbocycles. The molecule has 1 aromatic heterocycles. The average molecular weight is 382 g/mol. The van der Waals surface area contributed by atoms with Crippen LogP contribution in [0.5, 0.6) is 0 Å². The third kappa shape index (κ3) is 4.72. The fraction of sp³-hybridized carbons (Fsp3) is 0.238. The summed E-state index contributed by atoms with van der Waals surface area (Å²) in [4.78, 5) is 17.5. The van der Waals surface area contributed by atoms with E-state index in [1.807, 2.05) is 66.4 Å². The maximum atomic E-state index is 12.6. The quantitative estimate of drug-likeness (QED) is 0.571. The van der Waals surface area contributed by atoms with Crippen molar-refractivity contribution in [1.29, 1.82) is 0 Å². The molecule has 0 saturated carbocycles. The number of H-pyrrole nitrogens is 1. The number of hydrogen-bond donors (Lipinski definition) is 3. The lowest BCUT2D eigenvalue weighted by Crippen LogP contribution is -2.37. The Bertz CT molecular complexity index is 986. The van der Waals surface area contributed by atoms with Crippen LogP contribution in [0.1, 0.15) is 17.5 Å². The number of anilines is 1. The highest BCUT2D eigenvalue weighted by atomic mass is 32.1. The van der Waals surface area contributed by atoms with Crippen LogP contribution < -0.4 is 10.9 Å². The average Bonchev–Trinajstić information content (AvgIpc) is 2.67. The molecule has 0 aliphatic rings. The zero-order chi connectivity index (χ0) is 19.2. The van der Waals surface area contributed by atoms with Crippen molar-refractivity contribution in [3.8, 4) is 0 Å². The maximum Gasteiger partial charge on any atom is 0.253 e. The van der Waals surface area contributed by atoms with E-state index in [0.29, 0.717) is 30.2 Å². The molecule has 0 saturated heterocycles. The highest BCUT2D eigenvalue weighted by Crippen LogP contribution is 2.16. The number of fused-ring (bicyclic) bond motifs is 1. The first-order chi connectivity index (χ1) is 13.1. The standard InChI is InChI=1S/C21H23N3O2S/c1-15-7-5-8-16-13-17(20(26)23-19(15)16)14-24(11-6-12-25)21(27)22-18-9-3-2-4-10-18/h2-5,7-10,13,25H,6,11-12,14H2,1H3,(H,22,27)(H,23,26). The second-order valence-electron chi connectivity index (χ2n) is 6.46. The Labute approximate surface area is 163 Å². The third-order valence-corrected chi connectivity index (χ3v) is 4.78. The van der Waals surface area contributed by atoms with Crippen molar-refractivity contribution in [2.45, 2.75) is 19.9 Å². The van der Waals surface area contributed by atoms with Crippen molar-refractivity contribution in [2.75, 3.05) is 18.5 Å². The summed E-state index contributed by atoms with van der Waals surface area (Å²) in [7, 11) is 0. The van der Waals surface area contributed by atoms with Crippen LogP contribution >= 0.6 is 12.2 Å². The Kier molecular flexibility index (Phi) is 6.21. The van der Waals surface area contributed by atoms with E-state index in [1.54, 1.807) is 0 Å². The van der Waals surface area contributed by atoms with Crippen molar-refractivity contribution in [3.63, 3.8) is 0 Å². The Morgan fingerprint density at radius 3 is 2.70 bits per heavy atom. The minimum Gasteiger partial charge on any atom is -0.396 e. The molecule has 5 nitrogen and oxygen atoms in total. The normalized spacial score (nSPS) is 10.7. The SMILES string of the molecule is Cc1cccc2cc(CN(CCCO)C(=S)Nc3ccccc3)c(=O)[nH]c12. The second-order valence-corrected chi connectivity index (χ2v) is 6.84. The van der Waals surface area contributed by atoms with E-state index in [-0.39, 0.29) is 12.2 Å². The Morgan fingerprint density at radius 2 is 1.96 bits per heavy atom. The fourth-order valence-corrected chi connectivity index (χ4v) is 3.26. The minimum absolute atomic E-state index is 0.0672. The molecule has 140 valence electrons. The van der Waals surface area contributed by atoms with Crippen LogP contribution in [-0.2, 0) is 6.54 Å². The summed E-state index contributed by atoms with van der Waals surface area (Å²) in [5.41, 5.74) is 3.31. The molecule has 3 aromatic rings. The number of aryl methyl sites for hydroxylation is 1. The van der Waals surface area contributed by atoms with Crippen LogP contribution in [0.4, 0.5) is 5.69 Å². The molecule has 0 atom stereocenters. The van der Waals surface area contributed by atoms with Gasteiger partial charge in [0.15, 0.2) is 5.11 Å². The van der Waals surface area contributed by atoms with Gasteiger partial charge >= 0.3 is 0 Å². The van der Waals surface area contributed by atoms with E-state index in [0.717, 1.165) is 22.2 Å². The van der Waals surface area contributed by atoms with Crippen LogP contribution in [0.3, 0.4) is 0 Å². The molecule has 3 N–H and O–H groups in total. The smallest absolute Gasteiger partial charge is 0.253 e. The first kappa shape index (κ1) is 19.1. The molecule has 0 amide bonds. The van der Waals surface area contributed by atoms with Gasteiger partial charge in [-0.05, 0) is 54.7 Å². The number of nitrogens with one attached hydrogen (secondary N) is 2. The summed E-state index contributed by atoms with van der Waals surface area (Å²) in [6, 6.07) is 17.5. The third-order valence-electron chi connectivity index (χ3n) is 4.42. The summed E-state index contributed by atoms with van der Waals surface area (Å²) in [5, 5.41) is 13.9. The molecule has 1 heterocycles. The van der Waals surface area contributed by atoms with Gasteiger partial charge in [0.1, 0.15) is 0 Å². The lowest BCUT2D eigenvalue weighted by Gasteiger charge is -2.25. The van der Waals surface area contributed by atoms with Gasteiger partial charge in [0.05, 0.1) is 12.1 Å². The van der Waals surface area contributed by atoms with E-state index in [2.05, 4.69) is 10.3 Å². The number of para-hydroxylation sites is 2. The van der Waals surface area contributed by atoms with Crippen LogP contribution in [0.25, 0.3) is 10.9 Å². The van der Waals surface area contributed by atoms with Crippen LogP contribution in [0, 0.1) is 6.92 Å². The number of aromatic nitrogens is 1. The number of aromatic amines is 1. The summed E-state index contributed by atoms with van der Waals surface area (Å²) in [5.74, 6) is 0. The Hall–Kier alpha value is -2.70. The fourth-order valence-electron chi connectivity index (χ4n) is 2.99. The van der Waals surface area contributed by atoms with Gasteiger partial charge in [0.25, 0.3) is 5.56 Å². The van der Waals surface area contributed by atoms with Crippen molar-refractivity contribution >= 4 is 33.9 Å². The van der Waals surface area contributed by atoms with Gasteiger partial charge in [0, 0.05) is 24.4 Å². The first-order valence-electron chi connectivity index (χ1n) is 8.92. The molecule has 2 aromatic carbocycles. The molecule has 0 aliphatic heterocycles. The van der Waals surface area contributed by atoms with E-state index in [1.165, 1.54) is 0 Å². The summed E-state index contributed by atoms with van der Waals surface area (Å²) in [6.45, 7) is 2.97. The molecule has 0 radical (unpaired) electrons. The van der Waals surface area contributed by atoms with Gasteiger partial charge in [-0.3, -0.25) is 4.79 Å². The Balaban J connectivity index is 1.85. The van der Waals surface area contributed by atoms with Crippen molar-refractivity contribution < 1.29 is 5.11 Å². The molecule has 6 heteroatoms. The van der Waals surface area contributed by atoms with Gasteiger partial charge in [-0.25, -0.2) is 0 Å². The van der Waals surface area contributed by atoms with E-state index >= 15 is 0 Å². The minimum atomic E-state index is -0.117. The van der Waals surface area contributed by atoms with Gasteiger partial charge in [-0.2, -0.15) is 0 Å². The second kappa shape index (κ2) is 8.79. The molecular weight excluding hydrogens is 358 g/mol. The molecule has 0 bridgehead atoms. The van der Waals surface area contributed by atoms with Gasteiger partial charge in [-0.15, -0.1) is 0 Å². The predicted molar refractivity (Wildman–Crippen MR) is 114 cm³/mol. The highest BCUT2D eigenvalue weighted by molar-refractivity contribution is 7.80. The molecule has 27 heavy (non-hydrogen) atoms. The summed E-state index contributed by atoms with van der Waals surface area (Å²) in [6.07, 6.45) is 0.571. The number of rotatable bonds is 6. The number of pyridine rings is 1. The van der Waals surface area contributed by atoms with E-state index < -0.39 is 0 Å². The lowest BCUT2D eigenvalue weighted by atomic mass is 10.1. The van der Waals surface area contributed by atoms with E-state index in [4.69, 9.17) is 12.2 Å². The molecule has 3 rings (SSSR count).